The minimum Gasteiger partial charge on any atom is -0.440 e. The number of carbonyl (C=O) groups excluding carboxylic acids is 1. The Morgan fingerprint density at radius 1 is 1.11 bits per heavy atom. The first-order valence-corrected chi connectivity index (χ1v) is 6.17. The molecule has 3 heteroatoms. The Morgan fingerprint density at radius 3 is 2.58 bits per heavy atom. The van der Waals surface area contributed by atoms with Crippen LogP contribution in [-0.2, 0) is 6.42 Å². The maximum absolute atomic E-state index is 12.1. The van der Waals surface area contributed by atoms with Gasteiger partial charge < -0.3 is 4.42 Å². The third kappa shape index (κ3) is 2.40. The number of aromatic nitrogens is 1. The summed E-state index contributed by atoms with van der Waals surface area (Å²) < 4.78 is 5.55. The smallest absolute Gasteiger partial charge is 0.203 e. The number of Topliss-reactive ketones (excluding diaryl/α,β-unsaturated/α-hetero) is 1. The molecule has 3 nitrogen and oxygen atoms in total. The van der Waals surface area contributed by atoms with E-state index in [1.807, 2.05) is 55.5 Å². The van der Waals surface area contributed by atoms with Crippen LogP contribution in [0.5, 0.6) is 0 Å². The minimum atomic E-state index is 0.0200. The first kappa shape index (κ1) is 11.7. The number of para-hydroxylation sites is 2. The van der Waals surface area contributed by atoms with Gasteiger partial charge in [-0.2, -0.15) is 0 Å². The average Bonchev–Trinajstić information content (AvgIpc) is 2.81. The number of rotatable bonds is 3. The third-order valence-electron chi connectivity index (χ3n) is 3.02. The van der Waals surface area contributed by atoms with Gasteiger partial charge in [-0.3, -0.25) is 4.79 Å². The van der Waals surface area contributed by atoms with Crippen molar-refractivity contribution in [2.24, 2.45) is 0 Å². The molecule has 94 valence electrons. The van der Waals surface area contributed by atoms with Gasteiger partial charge in [0.05, 0.1) is 6.42 Å². The molecule has 19 heavy (non-hydrogen) atoms. The van der Waals surface area contributed by atoms with Gasteiger partial charge in [0.1, 0.15) is 5.52 Å². The molecule has 0 unspecified atom stereocenters. The van der Waals surface area contributed by atoms with Crippen molar-refractivity contribution in [3.8, 4) is 0 Å². The molecule has 1 heterocycles. The van der Waals surface area contributed by atoms with Crippen molar-refractivity contribution in [2.45, 2.75) is 13.3 Å². The number of nitrogens with zero attached hydrogens (tertiary/aromatic N) is 1. The summed E-state index contributed by atoms with van der Waals surface area (Å²) >= 11 is 0. The molecule has 0 atom stereocenters. The normalized spacial score (nSPS) is 10.8. The van der Waals surface area contributed by atoms with Crippen LogP contribution in [0.4, 0.5) is 0 Å². The summed E-state index contributed by atoms with van der Waals surface area (Å²) in [5, 5.41) is 0. The lowest BCUT2D eigenvalue weighted by atomic mass is 10.1. The Labute approximate surface area is 110 Å². The Kier molecular flexibility index (Phi) is 2.88. The van der Waals surface area contributed by atoms with E-state index in [-0.39, 0.29) is 12.2 Å². The van der Waals surface area contributed by atoms with E-state index in [1.165, 1.54) is 0 Å². The van der Waals surface area contributed by atoms with Crippen LogP contribution in [0.1, 0.15) is 21.8 Å². The zero-order valence-electron chi connectivity index (χ0n) is 10.6. The lowest BCUT2D eigenvalue weighted by molar-refractivity contribution is 0.0986. The van der Waals surface area contributed by atoms with Gasteiger partial charge in [0, 0.05) is 5.56 Å². The molecule has 0 aliphatic heterocycles. The van der Waals surface area contributed by atoms with E-state index >= 15 is 0 Å². The largest absolute Gasteiger partial charge is 0.440 e. The molecule has 0 radical (unpaired) electrons. The number of oxazole rings is 1. The number of benzene rings is 2. The molecule has 0 saturated heterocycles. The quantitative estimate of drug-likeness (QED) is 0.668. The van der Waals surface area contributed by atoms with Gasteiger partial charge in [-0.25, -0.2) is 4.98 Å². The van der Waals surface area contributed by atoms with Crippen LogP contribution in [0.15, 0.2) is 52.9 Å². The van der Waals surface area contributed by atoms with E-state index < -0.39 is 0 Å². The average molecular weight is 251 g/mol. The summed E-state index contributed by atoms with van der Waals surface area (Å²) in [5.41, 5.74) is 3.33. The Balaban J connectivity index is 1.84. The Morgan fingerprint density at radius 2 is 1.84 bits per heavy atom. The van der Waals surface area contributed by atoms with Crippen molar-refractivity contribution in [3.63, 3.8) is 0 Å². The number of hydrogen-bond donors (Lipinski definition) is 0. The molecule has 3 aromatic rings. The van der Waals surface area contributed by atoms with E-state index in [1.54, 1.807) is 0 Å². The summed E-state index contributed by atoms with van der Waals surface area (Å²) in [6.07, 6.45) is 0.192. The molecule has 0 fully saturated rings. The summed E-state index contributed by atoms with van der Waals surface area (Å²) in [5.74, 6) is 0.485. The molecule has 0 aliphatic carbocycles. The van der Waals surface area contributed by atoms with E-state index in [0.717, 1.165) is 11.1 Å². The van der Waals surface area contributed by atoms with Gasteiger partial charge in [-0.1, -0.05) is 42.0 Å². The van der Waals surface area contributed by atoms with Gasteiger partial charge in [-0.05, 0) is 19.1 Å². The zero-order valence-corrected chi connectivity index (χ0v) is 10.6. The zero-order chi connectivity index (χ0) is 13.2. The molecular formula is C16H13NO2. The number of fused-ring (bicyclic) bond motifs is 1. The van der Waals surface area contributed by atoms with Crippen LogP contribution in [-0.4, -0.2) is 10.8 Å². The highest BCUT2D eigenvalue weighted by atomic mass is 16.3. The van der Waals surface area contributed by atoms with E-state index in [4.69, 9.17) is 4.42 Å². The number of hydrogen-bond acceptors (Lipinski definition) is 3. The standard InChI is InChI=1S/C16H13NO2/c1-11-6-8-12(9-7-11)14(18)10-16-17-13-4-2-3-5-15(13)19-16/h2-9H,10H2,1H3. The van der Waals surface area contributed by atoms with Crippen molar-refractivity contribution >= 4 is 16.9 Å². The molecule has 2 aromatic carbocycles. The first-order chi connectivity index (χ1) is 9.22. The summed E-state index contributed by atoms with van der Waals surface area (Å²) in [4.78, 5) is 16.4. The van der Waals surface area contributed by atoms with Crippen LogP contribution in [0, 0.1) is 6.92 Å². The van der Waals surface area contributed by atoms with Crippen LogP contribution in [0.2, 0.25) is 0 Å². The number of ketones is 1. The number of carbonyl (C=O) groups is 1. The van der Waals surface area contributed by atoms with Crippen LogP contribution >= 0.6 is 0 Å². The molecule has 1 aromatic heterocycles. The molecule has 0 bridgehead atoms. The second-order valence-corrected chi connectivity index (χ2v) is 4.54. The second kappa shape index (κ2) is 4.69. The first-order valence-electron chi connectivity index (χ1n) is 6.17. The van der Waals surface area contributed by atoms with Gasteiger partial charge in [0.2, 0.25) is 5.89 Å². The molecule has 0 amide bonds. The van der Waals surface area contributed by atoms with Gasteiger partial charge in [-0.15, -0.1) is 0 Å². The van der Waals surface area contributed by atoms with Crippen molar-refractivity contribution in [3.05, 3.63) is 65.5 Å². The highest BCUT2D eigenvalue weighted by molar-refractivity contribution is 5.97. The van der Waals surface area contributed by atoms with Crippen LogP contribution in [0.3, 0.4) is 0 Å². The lowest BCUT2D eigenvalue weighted by Crippen LogP contribution is -2.03. The van der Waals surface area contributed by atoms with E-state index in [9.17, 15) is 4.79 Å². The highest BCUT2D eigenvalue weighted by Crippen LogP contribution is 2.16. The molecule has 0 N–H and O–H groups in total. The molecule has 0 spiro atoms. The summed E-state index contributed by atoms with van der Waals surface area (Å²) in [6.45, 7) is 2.00. The van der Waals surface area contributed by atoms with Crippen LogP contribution < -0.4 is 0 Å². The van der Waals surface area contributed by atoms with Crippen LogP contribution in [0.25, 0.3) is 11.1 Å². The monoisotopic (exact) mass is 251 g/mol. The maximum Gasteiger partial charge on any atom is 0.203 e. The van der Waals surface area contributed by atoms with E-state index in [2.05, 4.69) is 4.98 Å². The molecule has 0 aliphatic rings. The summed E-state index contributed by atoms with van der Waals surface area (Å²) in [6, 6.07) is 15.0. The summed E-state index contributed by atoms with van der Waals surface area (Å²) in [7, 11) is 0. The SMILES string of the molecule is Cc1ccc(C(=O)Cc2nc3ccccc3o2)cc1. The van der Waals surface area contributed by atoms with Crippen molar-refractivity contribution in [1.29, 1.82) is 0 Å². The predicted molar refractivity (Wildman–Crippen MR) is 73.2 cm³/mol. The Hall–Kier alpha value is -2.42. The van der Waals surface area contributed by atoms with E-state index in [0.29, 0.717) is 17.0 Å². The predicted octanol–water partition coefficient (Wildman–Crippen LogP) is 3.56. The highest BCUT2D eigenvalue weighted by Gasteiger charge is 2.12. The molecule has 3 rings (SSSR count). The van der Waals surface area contributed by atoms with Crippen molar-refractivity contribution < 1.29 is 9.21 Å². The fraction of sp³-hybridized carbons (Fsp3) is 0.125. The molecule has 0 saturated carbocycles. The lowest BCUT2D eigenvalue weighted by Gasteiger charge is -1.98. The van der Waals surface area contributed by atoms with Crippen molar-refractivity contribution in [2.75, 3.05) is 0 Å². The number of aryl methyl sites for hydroxylation is 1. The maximum atomic E-state index is 12.1. The molecular weight excluding hydrogens is 238 g/mol. The fourth-order valence-electron chi connectivity index (χ4n) is 1.97. The third-order valence-corrected chi connectivity index (χ3v) is 3.02. The van der Waals surface area contributed by atoms with Gasteiger partial charge >= 0.3 is 0 Å². The van der Waals surface area contributed by atoms with Gasteiger partial charge in [0.25, 0.3) is 0 Å². The fourth-order valence-corrected chi connectivity index (χ4v) is 1.97. The van der Waals surface area contributed by atoms with Gasteiger partial charge in [0.15, 0.2) is 11.4 Å². The second-order valence-electron chi connectivity index (χ2n) is 4.54. The topological polar surface area (TPSA) is 43.1 Å². The Bertz CT molecular complexity index is 693. The van der Waals surface area contributed by atoms with Crippen molar-refractivity contribution in [1.82, 2.24) is 4.98 Å². The minimum absolute atomic E-state index is 0.0200.